The smallest absolute Gasteiger partial charge is 0.407 e. The predicted octanol–water partition coefficient (Wildman–Crippen LogP) is 2.30. The predicted molar refractivity (Wildman–Crippen MR) is 95.7 cm³/mol. The number of carbonyl (C=O) groups excluding carboxylic acids is 2. The summed E-state index contributed by atoms with van der Waals surface area (Å²) in [5.41, 5.74) is 0. The van der Waals surface area contributed by atoms with Crippen molar-refractivity contribution in [2.24, 2.45) is 17.8 Å². The number of allylic oxidation sites excluding steroid dienone is 2. The van der Waals surface area contributed by atoms with Crippen LogP contribution in [-0.4, -0.2) is 58.8 Å². The molecule has 148 valence electrons. The SMILES string of the molecule is COC(=O)CCOCCOCCNC(=O)OCC1[C@H]2CCC=CCC[C@@H]12. The van der Waals surface area contributed by atoms with Gasteiger partial charge in [-0.15, -0.1) is 0 Å². The van der Waals surface area contributed by atoms with Gasteiger partial charge >= 0.3 is 12.1 Å². The van der Waals surface area contributed by atoms with Crippen molar-refractivity contribution >= 4 is 12.1 Å². The molecule has 2 rings (SSSR count). The first-order chi connectivity index (χ1) is 12.7. The minimum atomic E-state index is -0.375. The quantitative estimate of drug-likeness (QED) is 0.342. The second-order valence-electron chi connectivity index (χ2n) is 6.69. The van der Waals surface area contributed by atoms with Crippen molar-refractivity contribution in [1.82, 2.24) is 5.32 Å². The van der Waals surface area contributed by atoms with Crippen LogP contribution in [-0.2, 0) is 23.7 Å². The van der Waals surface area contributed by atoms with Crippen LogP contribution in [0.4, 0.5) is 4.79 Å². The lowest BCUT2D eigenvalue weighted by molar-refractivity contribution is -0.141. The molecule has 0 aliphatic heterocycles. The van der Waals surface area contributed by atoms with E-state index in [1.165, 1.54) is 20.0 Å². The molecule has 7 nitrogen and oxygen atoms in total. The van der Waals surface area contributed by atoms with Gasteiger partial charge in [0.25, 0.3) is 0 Å². The number of hydrogen-bond acceptors (Lipinski definition) is 6. The van der Waals surface area contributed by atoms with Crippen molar-refractivity contribution in [3.63, 3.8) is 0 Å². The lowest BCUT2D eigenvalue weighted by atomic mass is 10.1. The largest absolute Gasteiger partial charge is 0.469 e. The number of carbonyl (C=O) groups is 2. The van der Waals surface area contributed by atoms with Gasteiger partial charge in [-0.25, -0.2) is 4.79 Å². The molecule has 1 amide bonds. The summed E-state index contributed by atoms with van der Waals surface area (Å²) < 4.78 is 20.4. The number of alkyl carbamates (subject to hydrolysis) is 1. The highest BCUT2D eigenvalue weighted by molar-refractivity contribution is 5.69. The fourth-order valence-electron chi connectivity index (χ4n) is 3.47. The van der Waals surface area contributed by atoms with Crippen LogP contribution in [0.5, 0.6) is 0 Å². The third-order valence-corrected chi connectivity index (χ3v) is 4.98. The van der Waals surface area contributed by atoms with E-state index in [1.807, 2.05) is 0 Å². The Balaban J connectivity index is 1.39. The summed E-state index contributed by atoms with van der Waals surface area (Å²) in [5.74, 6) is 1.71. The number of methoxy groups -OCH3 is 1. The van der Waals surface area contributed by atoms with Crippen LogP contribution >= 0.6 is 0 Å². The Bertz CT molecular complexity index is 451. The monoisotopic (exact) mass is 369 g/mol. The van der Waals surface area contributed by atoms with E-state index in [9.17, 15) is 9.59 Å². The maximum Gasteiger partial charge on any atom is 0.407 e. The molecule has 1 fully saturated rings. The van der Waals surface area contributed by atoms with E-state index in [1.54, 1.807) is 0 Å². The van der Waals surface area contributed by atoms with Crippen molar-refractivity contribution in [1.29, 1.82) is 0 Å². The van der Waals surface area contributed by atoms with Crippen molar-refractivity contribution in [2.45, 2.75) is 32.1 Å². The molecule has 1 saturated carbocycles. The molecule has 0 aromatic heterocycles. The summed E-state index contributed by atoms with van der Waals surface area (Å²) in [7, 11) is 1.35. The maximum absolute atomic E-state index is 11.7. The van der Waals surface area contributed by atoms with Crippen LogP contribution in [0.15, 0.2) is 12.2 Å². The van der Waals surface area contributed by atoms with E-state index >= 15 is 0 Å². The Labute approximate surface area is 155 Å². The molecule has 2 aliphatic carbocycles. The van der Waals surface area contributed by atoms with Crippen molar-refractivity contribution in [3.05, 3.63) is 12.2 Å². The molecule has 0 aromatic rings. The highest BCUT2D eigenvalue weighted by Gasteiger charge is 2.49. The third-order valence-electron chi connectivity index (χ3n) is 4.98. The average Bonchev–Trinajstić information content (AvgIpc) is 3.27. The third kappa shape index (κ3) is 7.74. The van der Waals surface area contributed by atoms with E-state index in [-0.39, 0.29) is 18.5 Å². The number of ether oxygens (including phenoxy) is 4. The fourth-order valence-corrected chi connectivity index (χ4v) is 3.47. The van der Waals surface area contributed by atoms with Crippen LogP contribution < -0.4 is 5.32 Å². The number of fused-ring (bicyclic) bond motifs is 1. The van der Waals surface area contributed by atoms with Gasteiger partial charge in [0.1, 0.15) is 0 Å². The average molecular weight is 369 g/mol. The van der Waals surface area contributed by atoms with E-state index in [0.29, 0.717) is 45.5 Å². The van der Waals surface area contributed by atoms with Gasteiger partial charge in [-0.3, -0.25) is 4.79 Å². The first-order valence-corrected chi connectivity index (χ1v) is 9.50. The second kappa shape index (κ2) is 11.9. The van der Waals surface area contributed by atoms with Gasteiger partial charge in [-0.1, -0.05) is 12.2 Å². The Kier molecular flexibility index (Phi) is 9.48. The molecular weight excluding hydrogens is 338 g/mol. The Morgan fingerprint density at radius 3 is 2.31 bits per heavy atom. The van der Waals surface area contributed by atoms with Crippen molar-refractivity contribution in [3.8, 4) is 0 Å². The molecule has 26 heavy (non-hydrogen) atoms. The van der Waals surface area contributed by atoms with Crippen molar-refractivity contribution in [2.75, 3.05) is 46.7 Å². The molecule has 2 aliphatic rings. The normalized spacial score (nSPS) is 24.1. The lowest BCUT2D eigenvalue weighted by Crippen LogP contribution is -2.29. The Hall–Kier alpha value is -1.60. The Morgan fingerprint density at radius 2 is 1.65 bits per heavy atom. The number of esters is 1. The standard InChI is InChI=1S/C19H31NO6/c1-23-18(21)8-10-24-12-13-25-11-9-20-19(22)26-14-17-15-6-4-2-3-5-7-16(15)17/h2-3,15-17H,4-14H2,1H3,(H,20,22)/t15-,16+,17?. The van der Waals surface area contributed by atoms with Gasteiger partial charge in [0.2, 0.25) is 0 Å². The number of rotatable bonds is 11. The van der Waals surface area contributed by atoms with Crippen LogP contribution in [0.1, 0.15) is 32.1 Å². The minimum absolute atomic E-state index is 0.239. The van der Waals surface area contributed by atoms with E-state index < -0.39 is 0 Å². The zero-order valence-corrected chi connectivity index (χ0v) is 15.6. The second-order valence-corrected chi connectivity index (χ2v) is 6.69. The molecule has 0 heterocycles. The minimum Gasteiger partial charge on any atom is -0.469 e. The summed E-state index contributed by atoms with van der Waals surface area (Å²) in [4.78, 5) is 22.6. The summed E-state index contributed by atoms with van der Waals surface area (Å²) >= 11 is 0. The molecule has 0 aromatic carbocycles. The molecule has 0 saturated heterocycles. The van der Waals surface area contributed by atoms with Gasteiger partial charge in [0, 0.05) is 6.54 Å². The molecular formula is C19H31NO6. The zero-order chi connectivity index (χ0) is 18.6. The van der Waals surface area contributed by atoms with Gasteiger partial charge < -0.3 is 24.3 Å². The van der Waals surface area contributed by atoms with E-state index in [0.717, 1.165) is 24.7 Å². The highest BCUT2D eigenvalue weighted by atomic mass is 16.6. The number of hydrogen-bond donors (Lipinski definition) is 1. The van der Waals surface area contributed by atoms with Gasteiger partial charge in [0.05, 0.1) is 46.6 Å². The molecule has 7 heteroatoms. The summed E-state index contributed by atoms with van der Waals surface area (Å²) in [5, 5.41) is 2.70. The summed E-state index contributed by atoms with van der Waals surface area (Å²) in [6.45, 7) is 2.46. The summed E-state index contributed by atoms with van der Waals surface area (Å²) in [6, 6.07) is 0. The molecule has 0 bridgehead atoms. The Morgan fingerprint density at radius 1 is 1.00 bits per heavy atom. The fraction of sp³-hybridized carbons (Fsp3) is 0.789. The van der Waals surface area contributed by atoms with Gasteiger partial charge in [0.15, 0.2) is 0 Å². The van der Waals surface area contributed by atoms with Crippen LogP contribution in [0, 0.1) is 17.8 Å². The van der Waals surface area contributed by atoms with Crippen molar-refractivity contribution < 1.29 is 28.5 Å². The zero-order valence-electron chi connectivity index (χ0n) is 15.6. The molecule has 1 unspecified atom stereocenters. The van der Waals surface area contributed by atoms with Gasteiger partial charge in [-0.2, -0.15) is 0 Å². The maximum atomic E-state index is 11.7. The highest BCUT2D eigenvalue weighted by Crippen LogP contribution is 2.52. The van der Waals surface area contributed by atoms with Crippen LogP contribution in [0.25, 0.3) is 0 Å². The van der Waals surface area contributed by atoms with Crippen LogP contribution in [0.3, 0.4) is 0 Å². The summed E-state index contributed by atoms with van der Waals surface area (Å²) in [6.07, 6.45) is 9.12. The number of amides is 1. The topological polar surface area (TPSA) is 83.1 Å². The van der Waals surface area contributed by atoms with E-state index in [4.69, 9.17) is 14.2 Å². The lowest BCUT2D eigenvalue weighted by Gasteiger charge is -2.08. The molecule has 3 atom stereocenters. The van der Waals surface area contributed by atoms with Crippen LogP contribution in [0.2, 0.25) is 0 Å². The van der Waals surface area contributed by atoms with Gasteiger partial charge in [-0.05, 0) is 43.4 Å². The molecule has 0 radical (unpaired) electrons. The molecule has 1 N–H and O–H groups in total. The van der Waals surface area contributed by atoms with E-state index in [2.05, 4.69) is 22.2 Å². The first-order valence-electron chi connectivity index (χ1n) is 9.50. The number of nitrogens with one attached hydrogen (secondary N) is 1. The molecule has 0 spiro atoms. The first kappa shape index (κ1) is 20.7.